The Hall–Kier alpha value is -0.930. The van der Waals surface area contributed by atoms with Crippen molar-refractivity contribution in [2.45, 2.75) is 6.04 Å². The lowest BCUT2D eigenvalue weighted by Crippen LogP contribution is -2.14. The standard InChI is InChI=1S/C8H10FNO/c9-7-3-1-2-6(4-7)8(10)5-11/h1-4,8,11H,5,10H2. The maximum Gasteiger partial charge on any atom is 0.123 e. The highest BCUT2D eigenvalue weighted by molar-refractivity contribution is 5.19. The van der Waals surface area contributed by atoms with E-state index in [9.17, 15) is 4.39 Å². The number of nitrogens with two attached hydrogens (primary N) is 1. The second-order valence-electron chi connectivity index (χ2n) is 2.34. The van der Waals surface area contributed by atoms with Gasteiger partial charge in [0, 0.05) is 0 Å². The van der Waals surface area contributed by atoms with E-state index in [0.29, 0.717) is 5.56 Å². The highest BCUT2D eigenvalue weighted by Gasteiger charge is 2.03. The molecule has 2 nitrogen and oxygen atoms in total. The summed E-state index contributed by atoms with van der Waals surface area (Å²) in [6.07, 6.45) is 0. The predicted octanol–water partition coefficient (Wildman–Crippen LogP) is 0.818. The lowest BCUT2D eigenvalue weighted by Gasteiger charge is -2.06. The van der Waals surface area contributed by atoms with Crippen LogP contribution in [0.4, 0.5) is 4.39 Å². The molecule has 1 aromatic rings. The van der Waals surface area contributed by atoms with Crippen molar-refractivity contribution in [1.29, 1.82) is 0 Å². The zero-order valence-corrected chi connectivity index (χ0v) is 6.00. The molecule has 0 amide bonds. The lowest BCUT2D eigenvalue weighted by molar-refractivity contribution is 0.268. The van der Waals surface area contributed by atoms with Crippen molar-refractivity contribution in [3.63, 3.8) is 0 Å². The lowest BCUT2D eigenvalue weighted by atomic mass is 10.1. The largest absolute Gasteiger partial charge is 0.394 e. The molecule has 1 unspecified atom stereocenters. The summed E-state index contributed by atoms with van der Waals surface area (Å²) in [7, 11) is 0. The van der Waals surface area contributed by atoms with E-state index in [1.807, 2.05) is 0 Å². The van der Waals surface area contributed by atoms with E-state index in [4.69, 9.17) is 10.8 Å². The number of benzene rings is 1. The molecule has 11 heavy (non-hydrogen) atoms. The van der Waals surface area contributed by atoms with Crippen LogP contribution in [0.15, 0.2) is 24.3 Å². The Balaban J connectivity index is 2.86. The van der Waals surface area contributed by atoms with Gasteiger partial charge in [0.1, 0.15) is 5.82 Å². The van der Waals surface area contributed by atoms with Crippen molar-refractivity contribution in [2.75, 3.05) is 6.61 Å². The van der Waals surface area contributed by atoms with E-state index in [1.165, 1.54) is 12.1 Å². The molecule has 0 saturated carbocycles. The topological polar surface area (TPSA) is 46.2 Å². The predicted molar refractivity (Wildman–Crippen MR) is 40.4 cm³/mol. The van der Waals surface area contributed by atoms with Crippen molar-refractivity contribution >= 4 is 0 Å². The van der Waals surface area contributed by atoms with E-state index in [2.05, 4.69) is 0 Å². The maximum absolute atomic E-state index is 12.5. The molecule has 0 saturated heterocycles. The van der Waals surface area contributed by atoms with Crippen molar-refractivity contribution in [3.8, 4) is 0 Å². The average Bonchev–Trinajstić information content (AvgIpc) is 2.03. The van der Waals surface area contributed by atoms with Crippen LogP contribution in [0.5, 0.6) is 0 Å². The summed E-state index contributed by atoms with van der Waals surface area (Å²) in [5.41, 5.74) is 6.06. The summed E-state index contributed by atoms with van der Waals surface area (Å²) in [5, 5.41) is 8.63. The molecule has 1 aromatic carbocycles. The monoisotopic (exact) mass is 155 g/mol. The van der Waals surface area contributed by atoms with Crippen LogP contribution in [0.3, 0.4) is 0 Å². The minimum Gasteiger partial charge on any atom is -0.394 e. The average molecular weight is 155 g/mol. The molecule has 1 rings (SSSR count). The second-order valence-corrected chi connectivity index (χ2v) is 2.34. The quantitative estimate of drug-likeness (QED) is 0.664. The van der Waals surface area contributed by atoms with Crippen LogP contribution in [0.1, 0.15) is 11.6 Å². The second kappa shape index (κ2) is 3.46. The molecular weight excluding hydrogens is 145 g/mol. The first-order valence-electron chi connectivity index (χ1n) is 3.36. The highest BCUT2D eigenvalue weighted by Crippen LogP contribution is 2.10. The van der Waals surface area contributed by atoms with Gasteiger partial charge >= 0.3 is 0 Å². The Bertz CT molecular complexity index is 239. The molecular formula is C8H10FNO. The van der Waals surface area contributed by atoms with Crippen LogP contribution in [0, 0.1) is 5.82 Å². The summed E-state index contributed by atoms with van der Waals surface area (Å²) in [5.74, 6) is -0.327. The summed E-state index contributed by atoms with van der Waals surface area (Å²) in [6, 6.07) is 5.43. The number of rotatable bonds is 2. The zero-order chi connectivity index (χ0) is 8.27. The Labute approximate surface area is 64.5 Å². The molecule has 3 N–H and O–H groups in total. The smallest absolute Gasteiger partial charge is 0.123 e. The minimum absolute atomic E-state index is 0.163. The molecule has 0 spiro atoms. The third-order valence-corrected chi connectivity index (χ3v) is 1.47. The fourth-order valence-electron chi connectivity index (χ4n) is 0.843. The molecule has 3 heteroatoms. The first kappa shape index (κ1) is 8.17. The van der Waals surface area contributed by atoms with Gasteiger partial charge in [0.25, 0.3) is 0 Å². The molecule has 0 aliphatic heterocycles. The normalized spacial score (nSPS) is 13.0. The Morgan fingerprint density at radius 3 is 2.82 bits per heavy atom. The third-order valence-electron chi connectivity index (χ3n) is 1.47. The van der Waals surface area contributed by atoms with E-state index in [1.54, 1.807) is 12.1 Å². The van der Waals surface area contributed by atoms with Crippen molar-refractivity contribution < 1.29 is 9.50 Å². The summed E-state index contributed by atoms with van der Waals surface area (Å²) >= 11 is 0. The van der Waals surface area contributed by atoms with Gasteiger partial charge in [-0.3, -0.25) is 0 Å². The highest BCUT2D eigenvalue weighted by atomic mass is 19.1. The van der Waals surface area contributed by atoms with Crippen molar-refractivity contribution in [2.24, 2.45) is 5.73 Å². The van der Waals surface area contributed by atoms with Gasteiger partial charge in [-0.2, -0.15) is 0 Å². The van der Waals surface area contributed by atoms with E-state index in [0.717, 1.165) is 0 Å². The third kappa shape index (κ3) is 2.00. The fraction of sp³-hybridized carbons (Fsp3) is 0.250. The summed E-state index contributed by atoms with van der Waals surface area (Å²) < 4.78 is 12.5. The van der Waals surface area contributed by atoms with Crippen LogP contribution in [0.25, 0.3) is 0 Å². The first-order valence-corrected chi connectivity index (χ1v) is 3.36. The number of hydrogen-bond donors (Lipinski definition) is 2. The maximum atomic E-state index is 12.5. The number of aliphatic hydroxyl groups excluding tert-OH is 1. The minimum atomic E-state index is -0.481. The number of hydrogen-bond acceptors (Lipinski definition) is 2. The Morgan fingerprint density at radius 1 is 1.55 bits per heavy atom. The van der Waals surface area contributed by atoms with Crippen LogP contribution in [0.2, 0.25) is 0 Å². The van der Waals surface area contributed by atoms with Crippen LogP contribution < -0.4 is 5.73 Å². The van der Waals surface area contributed by atoms with Gasteiger partial charge in [0.05, 0.1) is 12.6 Å². The molecule has 0 radical (unpaired) electrons. The van der Waals surface area contributed by atoms with Gasteiger partial charge < -0.3 is 10.8 Å². The fourth-order valence-corrected chi connectivity index (χ4v) is 0.843. The van der Waals surface area contributed by atoms with E-state index in [-0.39, 0.29) is 12.4 Å². The van der Waals surface area contributed by atoms with E-state index >= 15 is 0 Å². The summed E-state index contributed by atoms with van der Waals surface area (Å²) in [4.78, 5) is 0. The first-order chi connectivity index (χ1) is 5.24. The number of aliphatic hydroxyl groups is 1. The van der Waals surface area contributed by atoms with Crippen LogP contribution in [-0.2, 0) is 0 Å². The molecule has 1 atom stereocenters. The molecule has 0 aromatic heterocycles. The van der Waals surface area contributed by atoms with Crippen LogP contribution in [-0.4, -0.2) is 11.7 Å². The molecule has 0 aliphatic carbocycles. The molecule has 0 fully saturated rings. The van der Waals surface area contributed by atoms with Gasteiger partial charge in [-0.15, -0.1) is 0 Å². The molecule has 60 valence electrons. The van der Waals surface area contributed by atoms with Crippen molar-refractivity contribution in [3.05, 3.63) is 35.6 Å². The SMILES string of the molecule is NC(CO)c1cccc(F)c1. The van der Waals surface area contributed by atoms with Gasteiger partial charge in [-0.1, -0.05) is 12.1 Å². The van der Waals surface area contributed by atoms with Gasteiger partial charge in [0.15, 0.2) is 0 Å². The van der Waals surface area contributed by atoms with E-state index < -0.39 is 6.04 Å². The Kier molecular flexibility index (Phi) is 2.57. The van der Waals surface area contributed by atoms with Gasteiger partial charge in [0.2, 0.25) is 0 Å². The molecule has 0 aliphatic rings. The number of halogens is 1. The van der Waals surface area contributed by atoms with Gasteiger partial charge in [-0.25, -0.2) is 4.39 Å². The molecule has 0 bridgehead atoms. The zero-order valence-electron chi connectivity index (χ0n) is 6.00. The van der Waals surface area contributed by atoms with Crippen LogP contribution >= 0.6 is 0 Å². The Morgan fingerprint density at radius 2 is 2.27 bits per heavy atom. The summed E-state index contributed by atoms with van der Waals surface area (Å²) in [6.45, 7) is -0.163. The van der Waals surface area contributed by atoms with Gasteiger partial charge in [-0.05, 0) is 17.7 Å². The molecule has 0 heterocycles. The van der Waals surface area contributed by atoms with Crippen molar-refractivity contribution in [1.82, 2.24) is 0 Å².